The summed E-state index contributed by atoms with van der Waals surface area (Å²) in [4.78, 5) is 19.2. The lowest BCUT2D eigenvalue weighted by atomic mass is 10.2. The van der Waals surface area contributed by atoms with Crippen LogP contribution in [-0.4, -0.2) is 15.9 Å². The van der Waals surface area contributed by atoms with E-state index in [1.807, 2.05) is 0 Å². The van der Waals surface area contributed by atoms with Crippen molar-refractivity contribution in [1.82, 2.24) is 15.3 Å². The van der Waals surface area contributed by atoms with E-state index in [4.69, 9.17) is 0 Å². The molecule has 0 spiro atoms. The van der Waals surface area contributed by atoms with Crippen molar-refractivity contribution in [1.29, 1.82) is 0 Å². The van der Waals surface area contributed by atoms with Crippen molar-refractivity contribution in [3.63, 3.8) is 0 Å². The van der Waals surface area contributed by atoms with Crippen molar-refractivity contribution in [2.75, 3.05) is 0 Å². The Labute approximate surface area is 111 Å². The Balaban J connectivity index is 2.04. The van der Waals surface area contributed by atoms with Gasteiger partial charge in [0, 0.05) is 29.0 Å². The maximum atomic E-state index is 13.4. The summed E-state index contributed by atoms with van der Waals surface area (Å²) in [6.07, 6.45) is 4.14. The van der Waals surface area contributed by atoms with Crippen LogP contribution in [0.5, 0.6) is 0 Å². The van der Waals surface area contributed by atoms with E-state index in [9.17, 15) is 9.18 Å². The van der Waals surface area contributed by atoms with Gasteiger partial charge >= 0.3 is 0 Å². The Kier molecular flexibility index (Phi) is 3.99. The number of nitrogens with zero attached hydrogens (tertiary/aromatic N) is 2. The molecule has 0 aliphatic heterocycles. The average Bonchev–Trinajstić information content (AvgIpc) is 2.40. The average molecular weight is 310 g/mol. The minimum atomic E-state index is -0.359. The molecule has 0 fully saturated rings. The third-order valence-corrected chi connectivity index (χ3v) is 2.76. The molecule has 0 radical (unpaired) electrons. The van der Waals surface area contributed by atoms with Gasteiger partial charge in [0.05, 0.1) is 5.56 Å². The van der Waals surface area contributed by atoms with Gasteiger partial charge in [0.2, 0.25) is 0 Å². The molecule has 0 saturated heterocycles. The van der Waals surface area contributed by atoms with Gasteiger partial charge in [-0.1, -0.05) is 15.9 Å². The Morgan fingerprint density at radius 2 is 2.06 bits per heavy atom. The van der Waals surface area contributed by atoms with Crippen LogP contribution >= 0.6 is 15.9 Å². The second kappa shape index (κ2) is 5.68. The summed E-state index contributed by atoms with van der Waals surface area (Å²) in [5.74, 6) is -0.696. The Morgan fingerprint density at radius 3 is 2.78 bits per heavy atom. The van der Waals surface area contributed by atoms with Crippen LogP contribution in [0.1, 0.15) is 15.9 Å². The zero-order valence-electron chi connectivity index (χ0n) is 9.23. The number of hydrogen-bond acceptors (Lipinski definition) is 3. The van der Waals surface area contributed by atoms with E-state index < -0.39 is 0 Å². The topological polar surface area (TPSA) is 54.9 Å². The maximum absolute atomic E-state index is 13.4. The molecule has 1 aromatic heterocycles. The SMILES string of the molecule is O=C(NCc1cc(Br)ccc1F)c1cncnc1. The first kappa shape index (κ1) is 12.6. The monoisotopic (exact) mass is 309 g/mol. The zero-order chi connectivity index (χ0) is 13.0. The molecule has 2 rings (SSSR count). The molecule has 6 heteroatoms. The number of benzene rings is 1. The van der Waals surface area contributed by atoms with Gasteiger partial charge < -0.3 is 5.32 Å². The standard InChI is InChI=1S/C12H9BrFN3O/c13-10-1-2-11(14)8(3-10)6-17-12(18)9-4-15-7-16-5-9/h1-5,7H,6H2,(H,17,18). The van der Waals surface area contributed by atoms with Crippen molar-refractivity contribution >= 4 is 21.8 Å². The predicted molar refractivity (Wildman–Crippen MR) is 67.3 cm³/mol. The highest BCUT2D eigenvalue weighted by Crippen LogP contribution is 2.15. The molecule has 1 heterocycles. The van der Waals surface area contributed by atoms with Crippen LogP contribution in [-0.2, 0) is 6.54 Å². The fraction of sp³-hybridized carbons (Fsp3) is 0.0833. The van der Waals surface area contributed by atoms with Crippen LogP contribution in [0, 0.1) is 5.82 Å². The molecule has 0 unspecified atom stereocenters. The molecule has 1 N–H and O–H groups in total. The maximum Gasteiger partial charge on any atom is 0.254 e. The van der Waals surface area contributed by atoms with Gasteiger partial charge in [-0.25, -0.2) is 14.4 Å². The molecule has 4 nitrogen and oxygen atoms in total. The summed E-state index contributed by atoms with van der Waals surface area (Å²) in [5, 5.41) is 2.60. The first-order valence-corrected chi connectivity index (χ1v) is 5.93. The molecule has 0 aliphatic carbocycles. The van der Waals surface area contributed by atoms with Gasteiger partial charge in [-0.15, -0.1) is 0 Å². The van der Waals surface area contributed by atoms with Gasteiger partial charge in [-0.05, 0) is 18.2 Å². The quantitative estimate of drug-likeness (QED) is 0.946. The summed E-state index contributed by atoms with van der Waals surface area (Å²) >= 11 is 3.25. The Hall–Kier alpha value is -1.82. The number of nitrogens with one attached hydrogen (secondary N) is 1. The first-order chi connectivity index (χ1) is 8.66. The molecule has 1 aromatic carbocycles. The van der Waals surface area contributed by atoms with E-state index in [2.05, 4.69) is 31.2 Å². The lowest BCUT2D eigenvalue weighted by Gasteiger charge is -2.06. The molecule has 2 aromatic rings. The van der Waals surface area contributed by atoms with Crippen LogP contribution in [0.4, 0.5) is 4.39 Å². The molecule has 1 amide bonds. The van der Waals surface area contributed by atoms with Crippen LogP contribution in [0.3, 0.4) is 0 Å². The van der Waals surface area contributed by atoms with Crippen LogP contribution in [0.25, 0.3) is 0 Å². The van der Waals surface area contributed by atoms with Crippen LogP contribution in [0.15, 0.2) is 41.4 Å². The molecule has 0 aliphatic rings. The highest BCUT2D eigenvalue weighted by atomic mass is 79.9. The highest BCUT2D eigenvalue weighted by Gasteiger charge is 2.08. The van der Waals surface area contributed by atoms with Crippen LogP contribution < -0.4 is 5.32 Å². The smallest absolute Gasteiger partial charge is 0.254 e. The van der Waals surface area contributed by atoms with Crippen molar-refractivity contribution < 1.29 is 9.18 Å². The second-order valence-electron chi connectivity index (χ2n) is 3.55. The number of hydrogen-bond donors (Lipinski definition) is 1. The summed E-state index contributed by atoms with van der Waals surface area (Å²) < 4.78 is 14.2. The molecular formula is C12H9BrFN3O. The van der Waals surface area contributed by atoms with Crippen molar-refractivity contribution in [2.24, 2.45) is 0 Å². The lowest BCUT2D eigenvalue weighted by Crippen LogP contribution is -2.23. The molecule has 92 valence electrons. The minimum absolute atomic E-state index is 0.110. The Morgan fingerprint density at radius 1 is 1.33 bits per heavy atom. The number of halogens is 2. The van der Waals surface area contributed by atoms with Gasteiger partial charge in [0.15, 0.2) is 0 Å². The molecule has 0 bridgehead atoms. The van der Waals surface area contributed by atoms with E-state index in [0.717, 1.165) is 4.47 Å². The second-order valence-corrected chi connectivity index (χ2v) is 4.46. The third kappa shape index (κ3) is 3.10. The summed E-state index contributed by atoms with van der Waals surface area (Å²) in [7, 11) is 0. The number of amides is 1. The van der Waals surface area contributed by atoms with Crippen molar-refractivity contribution in [2.45, 2.75) is 6.54 Å². The first-order valence-electron chi connectivity index (χ1n) is 5.14. The van der Waals surface area contributed by atoms with E-state index in [1.165, 1.54) is 24.8 Å². The number of rotatable bonds is 3. The number of aromatic nitrogens is 2. The highest BCUT2D eigenvalue weighted by molar-refractivity contribution is 9.10. The van der Waals surface area contributed by atoms with Crippen molar-refractivity contribution in [3.05, 3.63) is 58.3 Å². The largest absolute Gasteiger partial charge is 0.348 e. The fourth-order valence-electron chi connectivity index (χ4n) is 1.37. The van der Waals surface area contributed by atoms with E-state index >= 15 is 0 Å². The van der Waals surface area contributed by atoms with Gasteiger partial charge in [0.1, 0.15) is 12.1 Å². The normalized spacial score (nSPS) is 10.1. The summed E-state index contributed by atoms with van der Waals surface area (Å²) in [6, 6.07) is 4.57. The summed E-state index contributed by atoms with van der Waals surface area (Å²) in [5.41, 5.74) is 0.752. The minimum Gasteiger partial charge on any atom is -0.348 e. The number of carbonyl (C=O) groups is 1. The predicted octanol–water partition coefficient (Wildman–Crippen LogP) is 2.31. The molecule has 0 saturated carbocycles. The lowest BCUT2D eigenvalue weighted by molar-refractivity contribution is 0.0950. The third-order valence-electron chi connectivity index (χ3n) is 2.27. The zero-order valence-corrected chi connectivity index (χ0v) is 10.8. The van der Waals surface area contributed by atoms with E-state index in [1.54, 1.807) is 12.1 Å². The molecule has 18 heavy (non-hydrogen) atoms. The number of carbonyl (C=O) groups excluding carboxylic acids is 1. The van der Waals surface area contributed by atoms with E-state index in [-0.39, 0.29) is 18.3 Å². The van der Waals surface area contributed by atoms with Crippen LogP contribution in [0.2, 0.25) is 0 Å². The molecule has 0 atom stereocenters. The van der Waals surface area contributed by atoms with E-state index in [0.29, 0.717) is 11.1 Å². The Bertz CT molecular complexity index is 563. The molecular weight excluding hydrogens is 301 g/mol. The van der Waals surface area contributed by atoms with Gasteiger partial charge in [0.25, 0.3) is 5.91 Å². The van der Waals surface area contributed by atoms with Gasteiger partial charge in [-0.3, -0.25) is 4.79 Å². The van der Waals surface area contributed by atoms with Crippen molar-refractivity contribution in [3.8, 4) is 0 Å². The fourth-order valence-corrected chi connectivity index (χ4v) is 1.78. The van der Waals surface area contributed by atoms with Gasteiger partial charge in [-0.2, -0.15) is 0 Å². The summed E-state index contributed by atoms with van der Waals surface area (Å²) in [6.45, 7) is 0.110.